The molecule has 1 saturated heterocycles. The first-order valence-corrected chi connectivity index (χ1v) is 10.4. The van der Waals surface area contributed by atoms with E-state index in [0.29, 0.717) is 0 Å². The van der Waals surface area contributed by atoms with Crippen LogP contribution >= 0.6 is 0 Å². The molecule has 11 heteroatoms. The fourth-order valence-corrected chi connectivity index (χ4v) is 5.38. The molecule has 7 nitrogen and oxygen atoms in total. The zero-order valence-electron chi connectivity index (χ0n) is 15.6. The number of rotatable bonds is 3. The van der Waals surface area contributed by atoms with Gasteiger partial charge in [0.15, 0.2) is 15.5 Å². The number of alkyl halides is 3. The van der Waals surface area contributed by atoms with Gasteiger partial charge in [-0.2, -0.15) is 18.3 Å². The Hall–Kier alpha value is -2.69. The van der Waals surface area contributed by atoms with Gasteiger partial charge in [-0.15, -0.1) is 0 Å². The number of amides is 1. The lowest BCUT2D eigenvalue weighted by atomic mass is 10.0. The first-order valence-electron chi connectivity index (χ1n) is 8.62. The molecule has 29 heavy (non-hydrogen) atoms. The van der Waals surface area contributed by atoms with E-state index in [-0.39, 0.29) is 29.3 Å². The molecule has 0 spiro atoms. The van der Waals surface area contributed by atoms with Crippen LogP contribution < -0.4 is 10.7 Å². The molecule has 0 saturated carbocycles. The van der Waals surface area contributed by atoms with Crippen LogP contribution in [0.1, 0.15) is 35.1 Å². The average Bonchev–Trinajstić information content (AvgIpc) is 2.87. The van der Waals surface area contributed by atoms with Crippen LogP contribution in [0.15, 0.2) is 35.1 Å². The Balaban J connectivity index is 2.04. The van der Waals surface area contributed by atoms with E-state index < -0.39 is 44.1 Å². The number of para-hydroxylation sites is 1. The van der Waals surface area contributed by atoms with E-state index in [9.17, 15) is 31.2 Å². The van der Waals surface area contributed by atoms with Gasteiger partial charge in [0.05, 0.1) is 28.3 Å². The first kappa shape index (κ1) is 21.0. The first-order chi connectivity index (χ1) is 13.3. The number of benzene rings is 1. The second kappa shape index (κ2) is 6.97. The van der Waals surface area contributed by atoms with Crippen LogP contribution in [0.4, 0.5) is 13.2 Å². The van der Waals surface area contributed by atoms with Crippen molar-refractivity contribution < 1.29 is 26.4 Å². The molecule has 1 atom stereocenters. The lowest BCUT2D eigenvalue weighted by Crippen LogP contribution is -2.48. The molecule has 1 aromatic heterocycles. The molecule has 0 bridgehead atoms. The molecule has 0 aliphatic carbocycles. The van der Waals surface area contributed by atoms with Crippen LogP contribution in [0.5, 0.6) is 0 Å². The van der Waals surface area contributed by atoms with Crippen molar-refractivity contribution in [2.75, 3.05) is 11.5 Å². The lowest BCUT2D eigenvalue weighted by Gasteiger charge is -2.23. The van der Waals surface area contributed by atoms with E-state index in [1.165, 1.54) is 32.0 Å². The van der Waals surface area contributed by atoms with E-state index in [4.69, 9.17) is 0 Å². The third kappa shape index (κ3) is 4.34. The molecule has 0 radical (unpaired) electrons. The maximum atomic E-state index is 13.4. The molecule has 2 heterocycles. The third-order valence-electron chi connectivity index (χ3n) is 4.68. The summed E-state index contributed by atoms with van der Waals surface area (Å²) in [5.41, 5.74) is -3.66. The van der Waals surface area contributed by atoms with Gasteiger partial charge in [-0.1, -0.05) is 12.1 Å². The van der Waals surface area contributed by atoms with Gasteiger partial charge in [-0.05, 0) is 32.4 Å². The Bertz CT molecular complexity index is 1140. The molecule has 156 valence electrons. The maximum absolute atomic E-state index is 13.4. The Kier molecular flexibility index (Phi) is 5.06. The van der Waals surface area contributed by atoms with Crippen molar-refractivity contribution in [3.05, 3.63) is 57.5 Å². The zero-order chi connectivity index (χ0) is 21.6. The number of carbonyl (C=O) groups is 1. The number of hydrogen-bond acceptors (Lipinski definition) is 5. The number of aryl methyl sites for hydroxylation is 1. The Morgan fingerprint density at radius 3 is 2.52 bits per heavy atom. The van der Waals surface area contributed by atoms with Gasteiger partial charge in [0.1, 0.15) is 0 Å². The number of nitrogens with zero attached hydrogens (tertiary/aromatic N) is 2. The van der Waals surface area contributed by atoms with Crippen molar-refractivity contribution in [2.24, 2.45) is 0 Å². The van der Waals surface area contributed by atoms with Gasteiger partial charge >= 0.3 is 6.18 Å². The van der Waals surface area contributed by atoms with Gasteiger partial charge in [-0.3, -0.25) is 9.59 Å². The predicted molar refractivity (Wildman–Crippen MR) is 98.7 cm³/mol. The van der Waals surface area contributed by atoms with Crippen molar-refractivity contribution in [1.82, 2.24) is 15.1 Å². The summed E-state index contributed by atoms with van der Waals surface area (Å²) in [5.74, 6) is -1.33. The quantitative estimate of drug-likeness (QED) is 0.803. The fraction of sp³-hybridized carbons (Fsp3) is 0.389. The van der Waals surface area contributed by atoms with Gasteiger partial charge in [-0.25, -0.2) is 13.1 Å². The minimum absolute atomic E-state index is 0.103. The summed E-state index contributed by atoms with van der Waals surface area (Å²) in [6, 6.07) is 5.68. The van der Waals surface area contributed by atoms with E-state index in [1.807, 2.05) is 0 Å². The summed E-state index contributed by atoms with van der Waals surface area (Å²) < 4.78 is 64.4. The molecular formula is C18H18F3N3O4S. The summed E-state index contributed by atoms with van der Waals surface area (Å²) in [6.07, 6.45) is -4.50. The molecule has 1 amide bonds. The number of sulfone groups is 1. The number of nitrogens with one attached hydrogen (secondary N) is 1. The lowest BCUT2D eigenvalue weighted by molar-refractivity contribution is -0.137. The SMILES string of the molecule is Cc1cc(=O)c(C(=O)NC2(C)CCS(=O)(=O)C2)nn1-c1ccccc1C(F)(F)F. The Morgan fingerprint density at radius 1 is 1.28 bits per heavy atom. The van der Waals surface area contributed by atoms with Gasteiger partial charge in [0.25, 0.3) is 5.91 Å². The number of hydrogen-bond donors (Lipinski definition) is 1. The second-order valence-electron chi connectivity index (χ2n) is 7.28. The Morgan fingerprint density at radius 2 is 1.93 bits per heavy atom. The van der Waals surface area contributed by atoms with E-state index in [1.54, 1.807) is 0 Å². The summed E-state index contributed by atoms with van der Waals surface area (Å²) in [5, 5.41) is 6.36. The van der Waals surface area contributed by atoms with Gasteiger partial charge in [0, 0.05) is 11.8 Å². The van der Waals surface area contributed by atoms with Crippen molar-refractivity contribution in [1.29, 1.82) is 0 Å². The number of carbonyl (C=O) groups excluding carboxylic acids is 1. The highest BCUT2D eigenvalue weighted by atomic mass is 32.2. The summed E-state index contributed by atoms with van der Waals surface area (Å²) in [7, 11) is -3.32. The highest BCUT2D eigenvalue weighted by Crippen LogP contribution is 2.33. The normalized spacial score (nSPS) is 21.1. The summed E-state index contributed by atoms with van der Waals surface area (Å²) >= 11 is 0. The molecule has 1 fully saturated rings. The molecule has 3 rings (SSSR count). The van der Waals surface area contributed by atoms with Gasteiger partial charge in [0.2, 0.25) is 5.43 Å². The van der Waals surface area contributed by atoms with Crippen LogP contribution in [-0.4, -0.2) is 41.2 Å². The molecular weight excluding hydrogens is 411 g/mol. The highest BCUT2D eigenvalue weighted by molar-refractivity contribution is 7.91. The monoisotopic (exact) mass is 429 g/mol. The minimum Gasteiger partial charge on any atom is -0.344 e. The molecule has 1 unspecified atom stereocenters. The minimum atomic E-state index is -4.66. The fourth-order valence-electron chi connectivity index (χ4n) is 3.29. The van der Waals surface area contributed by atoms with Crippen LogP contribution in [0.3, 0.4) is 0 Å². The molecule has 2 aromatic rings. The Labute approximate surface area is 164 Å². The largest absolute Gasteiger partial charge is 0.418 e. The number of aromatic nitrogens is 2. The maximum Gasteiger partial charge on any atom is 0.418 e. The van der Waals surface area contributed by atoms with Crippen molar-refractivity contribution in [3.8, 4) is 5.69 Å². The highest BCUT2D eigenvalue weighted by Gasteiger charge is 2.40. The van der Waals surface area contributed by atoms with Gasteiger partial charge < -0.3 is 5.32 Å². The van der Waals surface area contributed by atoms with Crippen molar-refractivity contribution >= 4 is 15.7 Å². The molecule has 1 aromatic carbocycles. The average molecular weight is 429 g/mol. The van der Waals surface area contributed by atoms with Crippen LogP contribution in [0.2, 0.25) is 0 Å². The van der Waals surface area contributed by atoms with Crippen LogP contribution in [0.25, 0.3) is 5.69 Å². The predicted octanol–water partition coefficient (Wildman–Crippen LogP) is 1.87. The second-order valence-corrected chi connectivity index (χ2v) is 9.47. The van der Waals surface area contributed by atoms with Crippen LogP contribution in [0, 0.1) is 6.92 Å². The topological polar surface area (TPSA) is 98.1 Å². The summed E-state index contributed by atoms with van der Waals surface area (Å²) in [6.45, 7) is 2.93. The van der Waals surface area contributed by atoms with E-state index in [2.05, 4.69) is 10.4 Å². The molecule has 1 aliphatic rings. The van der Waals surface area contributed by atoms with Crippen molar-refractivity contribution in [2.45, 2.75) is 32.0 Å². The third-order valence-corrected chi connectivity index (χ3v) is 6.58. The smallest absolute Gasteiger partial charge is 0.344 e. The van der Waals surface area contributed by atoms with E-state index in [0.717, 1.165) is 16.8 Å². The zero-order valence-corrected chi connectivity index (χ0v) is 16.4. The molecule has 1 N–H and O–H groups in total. The van der Waals surface area contributed by atoms with E-state index >= 15 is 0 Å². The standard InChI is InChI=1S/C18H18F3N3O4S/c1-11-9-14(25)15(16(26)22-17(2)7-8-29(27,28)10-17)23-24(11)13-6-4-3-5-12(13)18(19,20)21/h3-6,9H,7-8,10H2,1-2H3,(H,22,26). The van der Waals surface area contributed by atoms with Crippen molar-refractivity contribution in [3.63, 3.8) is 0 Å². The molecule has 1 aliphatic heterocycles. The summed E-state index contributed by atoms with van der Waals surface area (Å²) in [4.78, 5) is 24.9. The number of halogens is 3. The van der Waals surface area contributed by atoms with Crippen LogP contribution in [-0.2, 0) is 16.0 Å².